The van der Waals surface area contributed by atoms with Crippen LogP contribution in [-0.2, 0) is 19.4 Å². The van der Waals surface area contributed by atoms with E-state index in [9.17, 15) is 0 Å². The fourth-order valence-electron chi connectivity index (χ4n) is 2.10. The predicted octanol–water partition coefficient (Wildman–Crippen LogP) is 1.74. The van der Waals surface area contributed by atoms with Crippen LogP contribution in [0.25, 0.3) is 0 Å². The van der Waals surface area contributed by atoms with Gasteiger partial charge in [0.25, 0.3) is 0 Å². The standard InChI is InChI=1S/C12H20N2OS/c1-12(2)4-3-9-10(7-12)16-11(14-9)8-13-5-6-15/h13,15H,3-8H2,1-2H3. The number of aryl methyl sites for hydroxylation is 1. The van der Waals surface area contributed by atoms with Crippen molar-refractivity contribution in [2.24, 2.45) is 5.41 Å². The Morgan fingerprint density at radius 2 is 2.31 bits per heavy atom. The highest BCUT2D eigenvalue weighted by atomic mass is 32.1. The average Bonchev–Trinajstić information content (AvgIpc) is 2.58. The third kappa shape index (κ3) is 2.81. The van der Waals surface area contributed by atoms with E-state index in [-0.39, 0.29) is 6.61 Å². The maximum Gasteiger partial charge on any atom is 0.107 e. The summed E-state index contributed by atoms with van der Waals surface area (Å²) in [5, 5.41) is 13.0. The summed E-state index contributed by atoms with van der Waals surface area (Å²) in [5.41, 5.74) is 1.75. The molecule has 0 aliphatic heterocycles. The molecule has 0 aromatic carbocycles. The molecule has 0 unspecified atom stereocenters. The minimum atomic E-state index is 0.193. The molecule has 1 aromatic rings. The zero-order valence-electron chi connectivity index (χ0n) is 10.0. The lowest BCUT2D eigenvalue weighted by atomic mass is 9.79. The van der Waals surface area contributed by atoms with Gasteiger partial charge in [-0.25, -0.2) is 4.98 Å². The largest absolute Gasteiger partial charge is 0.395 e. The molecule has 0 radical (unpaired) electrons. The highest BCUT2D eigenvalue weighted by Crippen LogP contribution is 2.37. The van der Waals surface area contributed by atoms with E-state index in [1.807, 2.05) is 11.3 Å². The Balaban J connectivity index is 2.01. The number of aromatic nitrogens is 1. The summed E-state index contributed by atoms with van der Waals surface area (Å²) in [5.74, 6) is 0. The summed E-state index contributed by atoms with van der Waals surface area (Å²) in [7, 11) is 0. The Labute approximate surface area is 101 Å². The van der Waals surface area contributed by atoms with Crippen LogP contribution in [0.1, 0.15) is 35.8 Å². The van der Waals surface area contributed by atoms with Gasteiger partial charge in [-0.2, -0.15) is 0 Å². The molecule has 0 spiro atoms. The number of nitrogens with zero attached hydrogens (tertiary/aromatic N) is 1. The minimum absolute atomic E-state index is 0.193. The topological polar surface area (TPSA) is 45.2 Å². The molecule has 0 saturated heterocycles. The quantitative estimate of drug-likeness (QED) is 0.788. The van der Waals surface area contributed by atoms with Crippen LogP contribution >= 0.6 is 11.3 Å². The Hall–Kier alpha value is -0.450. The number of hydrogen-bond acceptors (Lipinski definition) is 4. The lowest BCUT2D eigenvalue weighted by Crippen LogP contribution is -2.21. The van der Waals surface area contributed by atoms with Gasteiger partial charge >= 0.3 is 0 Å². The molecule has 2 N–H and O–H groups in total. The van der Waals surface area contributed by atoms with Crippen LogP contribution in [0.5, 0.6) is 0 Å². The molecule has 4 heteroatoms. The Morgan fingerprint density at radius 1 is 1.50 bits per heavy atom. The first-order valence-corrected chi connectivity index (χ1v) is 6.71. The number of aliphatic hydroxyl groups excluding tert-OH is 1. The summed E-state index contributed by atoms with van der Waals surface area (Å²) >= 11 is 1.83. The van der Waals surface area contributed by atoms with E-state index in [1.165, 1.54) is 23.4 Å². The van der Waals surface area contributed by atoms with E-state index in [0.29, 0.717) is 12.0 Å². The molecule has 0 atom stereocenters. The Bertz CT molecular complexity index is 360. The van der Waals surface area contributed by atoms with Gasteiger partial charge in [-0.1, -0.05) is 13.8 Å². The second kappa shape index (κ2) is 4.82. The number of hydrogen-bond donors (Lipinski definition) is 2. The van der Waals surface area contributed by atoms with Crippen molar-refractivity contribution in [1.29, 1.82) is 0 Å². The molecule has 0 bridgehead atoms. The van der Waals surface area contributed by atoms with Gasteiger partial charge in [0.1, 0.15) is 5.01 Å². The summed E-state index contributed by atoms with van der Waals surface area (Å²) in [6.07, 6.45) is 3.53. The number of fused-ring (bicyclic) bond motifs is 1. The van der Waals surface area contributed by atoms with Crippen LogP contribution < -0.4 is 5.32 Å². The van der Waals surface area contributed by atoms with Crippen molar-refractivity contribution in [3.63, 3.8) is 0 Å². The van der Waals surface area contributed by atoms with Gasteiger partial charge in [-0.15, -0.1) is 11.3 Å². The van der Waals surface area contributed by atoms with Gasteiger partial charge < -0.3 is 10.4 Å². The van der Waals surface area contributed by atoms with Crippen molar-refractivity contribution in [2.45, 2.75) is 39.7 Å². The minimum Gasteiger partial charge on any atom is -0.395 e. The van der Waals surface area contributed by atoms with Gasteiger partial charge in [0.2, 0.25) is 0 Å². The normalized spacial score (nSPS) is 18.4. The van der Waals surface area contributed by atoms with Crippen LogP contribution in [0, 0.1) is 5.41 Å². The molecular weight excluding hydrogens is 220 g/mol. The van der Waals surface area contributed by atoms with Crippen LogP contribution in [-0.4, -0.2) is 23.2 Å². The Kier molecular flexibility index (Phi) is 3.62. The van der Waals surface area contributed by atoms with E-state index >= 15 is 0 Å². The first kappa shape index (κ1) is 12.0. The molecule has 2 rings (SSSR count). The molecule has 0 saturated carbocycles. The van der Waals surface area contributed by atoms with Crippen molar-refractivity contribution >= 4 is 11.3 Å². The van der Waals surface area contributed by atoms with Crippen molar-refractivity contribution < 1.29 is 5.11 Å². The van der Waals surface area contributed by atoms with Crippen molar-refractivity contribution in [3.8, 4) is 0 Å². The first-order valence-electron chi connectivity index (χ1n) is 5.90. The van der Waals surface area contributed by atoms with E-state index in [2.05, 4.69) is 24.1 Å². The first-order chi connectivity index (χ1) is 7.61. The number of thiazole rings is 1. The highest BCUT2D eigenvalue weighted by molar-refractivity contribution is 7.11. The molecule has 16 heavy (non-hydrogen) atoms. The molecule has 1 aliphatic rings. The maximum atomic E-state index is 8.70. The number of nitrogens with one attached hydrogen (secondary N) is 1. The summed E-state index contributed by atoms with van der Waals surface area (Å²) in [6, 6.07) is 0. The SMILES string of the molecule is CC1(C)CCc2nc(CNCCO)sc2C1. The van der Waals surface area contributed by atoms with Crippen LogP contribution in [0.15, 0.2) is 0 Å². The molecule has 1 aromatic heterocycles. The molecular formula is C12H20N2OS. The van der Waals surface area contributed by atoms with Crippen LogP contribution in [0.2, 0.25) is 0 Å². The summed E-state index contributed by atoms with van der Waals surface area (Å²) < 4.78 is 0. The van der Waals surface area contributed by atoms with Crippen LogP contribution in [0.3, 0.4) is 0 Å². The third-order valence-corrected chi connectivity index (χ3v) is 4.16. The molecule has 3 nitrogen and oxygen atoms in total. The van der Waals surface area contributed by atoms with Crippen molar-refractivity contribution in [1.82, 2.24) is 10.3 Å². The fourth-order valence-corrected chi connectivity index (χ4v) is 3.44. The summed E-state index contributed by atoms with van der Waals surface area (Å²) in [6.45, 7) is 6.30. The van der Waals surface area contributed by atoms with Gasteiger partial charge in [0, 0.05) is 18.0 Å². The lowest BCUT2D eigenvalue weighted by molar-refractivity contribution is 0.292. The zero-order chi connectivity index (χ0) is 11.6. The van der Waals surface area contributed by atoms with Crippen molar-refractivity contribution in [2.75, 3.05) is 13.2 Å². The third-order valence-electron chi connectivity index (χ3n) is 3.07. The number of rotatable bonds is 4. The van der Waals surface area contributed by atoms with Gasteiger partial charge in [-0.05, 0) is 24.7 Å². The monoisotopic (exact) mass is 240 g/mol. The molecule has 0 amide bonds. The van der Waals surface area contributed by atoms with E-state index in [0.717, 1.165) is 18.0 Å². The fraction of sp³-hybridized carbons (Fsp3) is 0.750. The molecule has 1 aliphatic carbocycles. The van der Waals surface area contributed by atoms with Gasteiger partial charge in [0.05, 0.1) is 12.3 Å². The highest BCUT2D eigenvalue weighted by Gasteiger charge is 2.27. The Morgan fingerprint density at radius 3 is 3.06 bits per heavy atom. The second-order valence-electron chi connectivity index (χ2n) is 5.22. The molecule has 0 fully saturated rings. The van der Waals surface area contributed by atoms with Gasteiger partial charge in [-0.3, -0.25) is 0 Å². The zero-order valence-corrected chi connectivity index (χ0v) is 10.9. The predicted molar refractivity (Wildman–Crippen MR) is 66.7 cm³/mol. The molecule has 90 valence electrons. The smallest absolute Gasteiger partial charge is 0.107 e. The van der Waals surface area contributed by atoms with E-state index < -0.39 is 0 Å². The van der Waals surface area contributed by atoms with E-state index in [4.69, 9.17) is 5.11 Å². The average molecular weight is 240 g/mol. The summed E-state index contributed by atoms with van der Waals surface area (Å²) in [4.78, 5) is 6.13. The van der Waals surface area contributed by atoms with Crippen LogP contribution in [0.4, 0.5) is 0 Å². The maximum absolute atomic E-state index is 8.70. The molecule has 1 heterocycles. The van der Waals surface area contributed by atoms with Crippen molar-refractivity contribution in [3.05, 3.63) is 15.6 Å². The second-order valence-corrected chi connectivity index (χ2v) is 6.39. The number of aliphatic hydroxyl groups is 1. The van der Waals surface area contributed by atoms with E-state index in [1.54, 1.807) is 0 Å². The lowest BCUT2D eigenvalue weighted by Gasteiger charge is -2.28. The van der Waals surface area contributed by atoms with Gasteiger partial charge in [0.15, 0.2) is 0 Å².